The van der Waals surface area contributed by atoms with E-state index in [0.29, 0.717) is 0 Å². The number of rotatable bonds is 0. The van der Waals surface area contributed by atoms with Crippen LogP contribution in [0.3, 0.4) is 0 Å². The Bertz CT molecular complexity index is 435. The second-order valence-corrected chi connectivity index (χ2v) is 2.93. The number of nitrogens with zero attached hydrogens (tertiary/aromatic N) is 1. The Hall–Kier alpha value is -1.83. The second kappa shape index (κ2) is 4.42. The van der Waals surface area contributed by atoms with Crippen LogP contribution in [0.2, 0.25) is 0 Å². The predicted octanol–water partition coefficient (Wildman–Crippen LogP) is 2.93. The molecule has 0 amide bonds. The van der Waals surface area contributed by atoms with Crippen LogP contribution in [0.4, 0.5) is 5.69 Å². The Balaban J connectivity index is 0.000000461. The lowest BCUT2D eigenvalue weighted by atomic mass is 10.1. The number of aromatic nitrogens is 1. The van der Waals surface area contributed by atoms with Crippen molar-refractivity contribution < 1.29 is 0 Å². The second-order valence-electron chi connectivity index (χ2n) is 2.93. The summed E-state index contributed by atoms with van der Waals surface area (Å²) in [5, 5.41) is 1.11. The van der Waals surface area contributed by atoms with Gasteiger partial charge in [-0.3, -0.25) is 4.98 Å². The molecule has 0 saturated heterocycles. The quantitative estimate of drug-likeness (QED) is 0.507. The predicted molar refractivity (Wildman–Crippen MR) is 62.1 cm³/mol. The van der Waals surface area contributed by atoms with E-state index in [0.717, 1.165) is 16.6 Å². The van der Waals surface area contributed by atoms with E-state index < -0.39 is 0 Å². The average molecular weight is 186 g/mol. The number of hydrogen-bond acceptors (Lipinski definition) is 2. The molecule has 0 aliphatic carbocycles. The fraction of sp³-hybridized carbons (Fsp3) is 0.0833. The first kappa shape index (κ1) is 10.3. The molecule has 0 atom stereocenters. The highest BCUT2D eigenvalue weighted by Crippen LogP contribution is 2.19. The van der Waals surface area contributed by atoms with Crippen LogP contribution in [-0.4, -0.2) is 4.98 Å². The van der Waals surface area contributed by atoms with Crippen molar-refractivity contribution in [3.63, 3.8) is 0 Å². The summed E-state index contributed by atoms with van der Waals surface area (Å²) in [6.45, 7) is 8.03. The number of nitrogen functional groups attached to an aromatic ring is 1. The van der Waals surface area contributed by atoms with Gasteiger partial charge < -0.3 is 5.73 Å². The lowest BCUT2D eigenvalue weighted by Crippen LogP contribution is -1.90. The Morgan fingerprint density at radius 2 is 2.00 bits per heavy atom. The highest BCUT2D eigenvalue weighted by Gasteiger charge is 1.98. The smallest absolute Gasteiger partial charge is 0.0931 e. The third-order valence-electron chi connectivity index (χ3n) is 1.88. The van der Waals surface area contributed by atoms with Gasteiger partial charge in [0.05, 0.1) is 11.2 Å². The molecular weight excluding hydrogens is 172 g/mol. The van der Waals surface area contributed by atoms with Crippen molar-refractivity contribution in [2.24, 2.45) is 0 Å². The van der Waals surface area contributed by atoms with E-state index >= 15 is 0 Å². The highest BCUT2D eigenvalue weighted by atomic mass is 14.7. The zero-order valence-electron chi connectivity index (χ0n) is 8.33. The maximum Gasteiger partial charge on any atom is 0.0931 e. The molecule has 0 aliphatic rings. The van der Waals surface area contributed by atoms with Gasteiger partial charge in [-0.25, -0.2) is 0 Å². The molecule has 1 aromatic carbocycles. The normalized spacial score (nSPS) is 9.21. The van der Waals surface area contributed by atoms with Crippen LogP contribution in [0.1, 0.15) is 5.56 Å². The molecule has 14 heavy (non-hydrogen) atoms. The van der Waals surface area contributed by atoms with Crippen molar-refractivity contribution in [2.75, 3.05) is 5.73 Å². The zero-order chi connectivity index (χ0) is 10.6. The first-order valence-corrected chi connectivity index (χ1v) is 4.38. The molecule has 0 bridgehead atoms. The van der Waals surface area contributed by atoms with E-state index in [-0.39, 0.29) is 0 Å². The zero-order valence-corrected chi connectivity index (χ0v) is 8.33. The van der Waals surface area contributed by atoms with E-state index in [2.05, 4.69) is 24.2 Å². The molecule has 0 unspecified atom stereocenters. The molecule has 1 aromatic heterocycles. The summed E-state index contributed by atoms with van der Waals surface area (Å²) in [6.07, 6.45) is 1.76. The van der Waals surface area contributed by atoms with E-state index in [1.54, 1.807) is 6.20 Å². The largest absolute Gasteiger partial charge is 0.397 e. The van der Waals surface area contributed by atoms with Crippen molar-refractivity contribution in [3.05, 3.63) is 49.2 Å². The molecule has 2 rings (SSSR count). The Labute approximate surface area is 84.1 Å². The molecule has 0 saturated carbocycles. The average Bonchev–Trinajstić information content (AvgIpc) is 2.20. The third kappa shape index (κ3) is 1.91. The lowest BCUT2D eigenvalue weighted by Gasteiger charge is -2.01. The minimum absolute atomic E-state index is 0.755. The summed E-state index contributed by atoms with van der Waals surface area (Å²) in [6, 6.07) is 7.96. The summed E-state index contributed by atoms with van der Waals surface area (Å²) in [5.41, 5.74) is 8.62. The summed E-state index contributed by atoms with van der Waals surface area (Å²) in [7, 11) is 0. The van der Waals surface area contributed by atoms with E-state index in [4.69, 9.17) is 5.73 Å². The molecule has 72 valence electrons. The number of fused-ring (bicyclic) bond motifs is 1. The monoisotopic (exact) mass is 186 g/mol. The van der Waals surface area contributed by atoms with Crippen LogP contribution in [0, 0.1) is 6.92 Å². The van der Waals surface area contributed by atoms with Crippen LogP contribution in [0.15, 0.2) is 43.6 Å². The first-order chi connectivity index (χ1) is 6.77. The number of hydrogen-bond donors (Lipinski definition) is 1. The van der Waals surface area contributed by atoms with Gasteiger partial charge in [0, 0.05) is 11.6 Å². The first-order valence-electron chi connectivity index (χ1n) is 4.38. The number of benzene rings is 1. The van der Waals surface area contributed by atoms with Gasteiger partial charge in [0.25, 0.3) is 0 Å². The van der Waals surface area contributed by atoms with Crippen LogP contribution in [-0.2, 0) is 0 Å². The fourth-order valence-electron chi connectivity index (χ4n) is 1.38. The van der Waals surface area contributed by atoms with Gasteiger partial charge in [0.15, 0.2) is 0 Å². The van der Waals surface area contributed by atoms with Crippen molar-refractivity contribution in [3.8, 4) is 0 Å². The van der Waals surface area contributed by atoms with E-state index in [1.807, 2.05) is 25.1 Å². The van der Waals surface area contributed by atoms with Crippen LogP contribution in [0.25, 0.3) is 10.9 Å². The molecule has 0 radical (unpaired) electrons. The Kier molecular flexibility index (Phi) is 3.24. The van der Waals surface area contributed by atoms with Gasteiger partial charge in [-0.1, -0.05) is 6.07 Å². The standard InChI is InChI=1S/C10H10N2.C2H4/c1-7-5-8-3-2-4-12-10(8)9(11)6-7;1-2/h2-6H,11H2,1H3;1-2H2. The molecule has 0 spiro atoms. The molecule has 2 heteroatoms. The van der Waals surface area contributed by atoms with Crippen molar-refractivity contribution in [2.45, 2.75) is 6.92 Å². The molecule has 2 nitrogen and oxygen atoms in total. The SMILES string of the molecule is C=C.Cc1cc(N)c2ncccc2c1. The fourth-order valence-corrected chi connectivity index (χ4v) is 1.38. The summed E-state index contributed by atoms with van der Waals surface area (Å²) >= 11 is 0. The summed E-state index contributed by atoms with van der Waals surface area (Å²) in [5.74, 6) is 0. The van der Waals surface area contributed by atoms with Gasteiger partial charge in [0.2, 0.25) is 0 Å². The van der Waals surface area contributed by atoms with Gasteiger partial charge in [0.1, 0.15) is 0 Å². The Morgan fingerprint density at radius 1 is 1.29 bits per heavy atom. The van der Waals surface area contributed by atoms with Gasteiger partial charge in [-0.15, -0.1) is 13.2 Å². The molecule has 0 fully saturated rings. The van der Waals surface area contributed by atoms with E-state index in [9.17, 15) is 0 Å². The molecule has 2 N–H and O–H groups in total. The molecule has 2 aromatic rings. The number of pyridine rings is 1. The van der Waals surface area contributed by atoms with Gasteiger partial charge >= 0.3 is 0 Å². The maximum atomic E-state index is 5.79. The van der Waals surface area contributed by atoms with Crippen LogP contribution >= 0.6 is 0 Å². The Morgan fingerprint density at radius 3 is 2.71 bits per heavy atom. The summed E-state index contributed by atoms with van der Waals surface area (Å²) < 4.78 is 0. The maximum absolute atomic E-state index is 5.79. The topological polar surface area (TPSA) is 38.9 Å². The third-order valence-corrected chi connectivity index (χ3v) is 1.88. The van der Waals surface area contributed by atoms with Gasteiger partial charge in [-0.05, 0) is 30.7 Å². The van der Waals surface area contributed by atoms with Crippen LogP contribution in [0.5, 0.6) is 0 Å². The number of aryl methyl sites for hydroxylation is 1. The minimum atomic E-state index is 0.755. The molecular formula is C12H14N2. The number of anilines is 1. The molecule has 1 heterocycles. The van der Waals surface area contributed by atoms with Crippen LogP contribution < -0.4 is 5.73 Å². The number of nitrogens with two attached hydrogens (primary N) is 1. The summed E-state index contributed by atoms with van der Waals surface area (Å²) in [4.78, 5) is 4.20. The van der Waals surface area contributed by atoms with E-state index in [1.165, 1.54) is 5.56 Å². The molecule has 0 aliphatic heterocycles. The van der Waals surface area contributed by atoms with Crippen molar-refractivity contribution >= 4 is 16.6 Å². The van der Waals surface area contributed by atoms with Crippen molar-refractivity contribution in [1.29, 1.82) is 0 Å². The lowest BCUT2D eigenvalue weighted by molar-refractivity contribution is 1.39. The van der Waals surface area contributed by atoms with Gasteiger partial charge in [-0.2, -0.15) is 0 Å². The highest BCUT2D eigenvalue weighted by molar-refractivity contribution is 5.89. The van der Waals surface area contributed by atoms with Crippen molar-refractivity contribution in [1.82, 2.24) is 4.98 Å². The minimum Gasteiger partial charge on any atom is -0.397 e.